The number of benzene rings is 1. The molecule has 108 valence electrons. The number of rotatable bonds is 5. The van der Waals surface area contributed by atoms with E-state index in [0.29, 0.717) is 17.8 Å². The second-order valence-corrected chi connectivity index (χ2v) is 7.12. The normalized spacial score (nSPS) is 11.6. The van der Waals surface area contributed by atoms with Crippen molar-refractivity contribution in [3.05, 3.63) is 39.1 Å². The minimum atomic E-state index is -3.69. The summed E-state index contributed by atoms with van der Waals surface area (Å²) in [5, 5.41) is 9.59. The van der Waals surface area contributed by atoms with Crippen LogP contribution < -0.4 is 10.0 Å². The lowest BCUT2D eigenvalue weighted by Crippen LogP contribution is -2.17. The average molecular weight is 406 g/mol. The maximum atomic E-state index is 12.4. The Labute approximate surface area is 131 Å². The Kier molecular flexibility index (Phi) is 4.66. The molecule has 0 saturated carbocycles. The molecule has 1 aromatic heterocycles. The van der Waals surface area contributed by atoms with Gasteiger partial charge in [-0.05, 0) is 60.8 Å². The first-order chi connectivity index (χ1) is 9.44. The van der Waals surface area contributed by atoms with Gasteiger partial charge >= 0.3 is 0 Å². The number of nitrogens with one attached hydrogen (secondary N) is 3. The van der Waals surface area contributed by atoms with Gasteiger partial charge in [0.1, 0.15) is 0 Å². The maximum absolute atomic E-state index is 12.4. The molecule has 2 rings (SSSR count). The number of sulfonamides is 1. The smallest absolute Gasteiger partial charge is 0.281 e. The van der Waals surface area contributed by atoms with Crippen LogP contribution in [0.4, 0.5) is 5.69 Å². The highest BCUT2D eigenvalue weighted by atomic mass is 127. The van der Waals surface area contributed by atoms with Gasteiger partial charge in [-0.25, -0.2) is 0 Å². The summed E-state index contributed by atoms with van der Waals surface area (Å²) in [5.41, 5.74) is 1.90. The van der Waals surface area contributed by atoms with E-state index in [1.165, 1.54) is 0 Å². The molecule has 8 heteroatoms. The van der Waals surface area contributed by atoms with Crippen molar-refractivity contribution in [1.82, 2.24) is 15.5 Å². The zero-order chi connectivity index (χ0) is 14.8. The van der Waals surface area contributed by atoms with E-state index in [9.17, 15) is 8.42 Å². The van der Waals surface area contributed by atoms with Crippen molar-refractivity contribution >= 4 is 38.3 Å². The molecule has 0 spiro atoms. The van der Waals surface area contributed by atoms with Gasteiger partial charge in [-0.15, -0.1) is 0 Å². The van der Waals surface area contributed by atoms with Crippen molar-refractivity contribution in [3.8, 4) is 0 Å². The van der Waals surface area contributed by atoms with E-state index in [1.807, 2.05) is 12.1 Å². The Balaban J connectivity index is 2.33. The molecule has 1 aromatic carbocycles. The molecule has 1 heterocycles. The lowest BCUT2D eigenvalue weighted by molar-refractivity contribution is 0.595. The van der Waals surface area contributed by atoms with Gasteiger partial charge in [0.05, 0.1) is 0 Å². The van der Waals surface area contributed by atoms with E-state index in [-0.39, 0.29) is 5.03 Å². The molecular formula is C12H15IN4O2S. The van der Waals surface area contributed by atoms with E-state index in [4.69, 9.17) is 0 Å². The molecule has 0 unspecified atom stereocenters. The highest BCUT2D eigenvalue weighted by Crippen LogP contribution is 2.20. The zero-order valence-corrected chi connectivity index (χ0v) is 14.0. The second kappa shape index (κ2) is 6.10. The molecule has 6 nitrogen and oxygen atoms in total. The van der Waals surface area contributed by atoms with Crippen LogP contribution in [0.5, 0.6) is 0 Å². The third kappa shape index (κ3) is 3.30. The summed E-state index contributed by atoms with van der Waals surface area (Å²) < 4.78 is 28.3. The van der Waals surface area contributed by atoms with Gasteiger partial charge < -0.3 is 5.32 Å². The van der Waals surface area contributed by atoms with Gasteiger partial charge in [-0.3, -0.25) is 9.82 Å². The van der Waals surface area contributed by atoms with Gasteiger partial charge in [0.25, 0.3) is 10.0 Å². The number of aryl methyl sites for hydroxylation is 1. The molecule has 0 aliphatic carbocycles. The molecule has 0 radical (unpaired) electrons. The summed E-state index contributed by atoms with van der Waals surface area (Å²) in [6.07, 6.45) is 0. The Morgan fingerprint density at radius 3 is 2.55 bits per heavy atom. The standard InChI is InChI=1S/C12H15IN4O2S/c1-8-11(7-14-2)12(16-15-8)20(18,19)17-10-5-3-9(13)4-6-10/h3-6,14,17H,7H2,1-2H3,(H,15,16). The van der Waals surface area contributed by atoms with E-state index in [1.54, 1.807) is 26.1 Å². The molecule has 0 atom stereocenters. The SMILES string of the molecule is CNCc1c(S(=O)(=O)Nc2ccc(I)cc2)n[nH]c1C. The second-order valence-electron chi connectivity index (χ2n) is 4.28. The number of H-pyrrole nitrogens is 1. The van der Waals surface area contributed by atoms with Gasteiger partial charge in [0, 0.05) is 27.1 Å². The summed E-state index contributed by atoms with van der Waals surface area (Å²) in [7, 11) is -1.93. The van der Waals surface area contributed by atoms with Crippen molar-refractivity contribution in [2.24, 2.45) is 0 Å². The van der Waals surface area contributed by atoms with Crippen LogP contribution in [-0.4, -0.2) is 25.7 Å². The first-order valence-corrected chi connectivity index (χ1v) is 8.47. The number of hydrogen-bond donors (Lipinski definition) is 3. The Morgan fingerprint density at radius 2 is 1.95 bits per heavy atom. The van der Waals surface area contributed by atoms with Gasteiger partial charge in [-0.1, -0.05) is 0 Å². The largest absolute Gasteiger partial charge is 0.316 e. The fourth-order valence-corrected chi connectivity index (χ4v) is 3.38. The monoisotopic (exact) mass is 406 g/mol. The third-order valence-corrected chi connectivity index (χ3v) is 4.81. The lowest BCUT2D eigenvalue weighted by Gasteiger charge is -2.08. The average Bonchev–Trinajstić information content (AvgIpc) is 2.75. The van der Waals surface area contributed by atoms with Crippen molar-refractivity contribution in [2.75, 3.05) is 11.8 Å². The number of hydrogen-bond acceptors (Lipinski definition) is 4. The summed E-state index contributed by atoms with van der Waals surface area (Å²) in [5.74, 6) is 0. The quantitative estimate of drug-likeness (QED) is 0.662. The highest BCUT2D eigenvalue weighted by molar-refractivity contribution is 14.1. The number of halogens is 1. The predicted molar refractivity (Wildman–Crippen MR) is 86.1 cm³/mol. The van der Waals surface area contributed by atoms with Gasteiger partial charge in [-0.2, -0.15) is 13.5 Å². The minimum absolute atomic E-state index is 0.0305. The van der Waals surface area contributed by atoms with Crippen LogP contribution in [-0.2, 0) is 16.6 Å². The number of anilines is 1. The van der Waals surface area contributed by atoms with Crippen LogP contribution in [0.15, 0.2) is 29.3 Å². The molecular weight excluding hydrogens is 391 g/mol. The van der Waals surface area contributed by atoms with Crippen LogP contribution in [0.1, 0.15) is 11.3 Å². The van der Waals surface area contributed by atoms with E-state index < -0.39 is 10.0 Å². The van der Waals surface area contributed by atoms with Crippen LogP contribution in [0.2, 0.25) is 0 Å². The molecule has 0 aliphatic heterocycles. The van der Waals surface area contributed by atoms with Crippen molar-refractivity contribution in [3.63, 3.8) is 0 Å². The van der Waals surface area contributed by atoms with Crippen LogP contribution in [0.25, 0.3) is 0 Å². The van der Waals surface area contributed by atoms with Crippen molar-refractivity contribution in [1.29, 1.82) is 0 Å². The fourth-order valence-electron chi connectivity index (χ4n) is 1.76. The molecule has 0 amide bonds. The van der Waals surface area contributed by atoms with Crippen molar-refractivity contribution < 1.29 is 8.42 Å². The highest BCUT2D eigenvalue weighted by Gasteiger charge is 2.23. The maximum Gasteiger partial charge on any atom is 0.281 e. The van der Waals surface area contributed by atoms with Crippen LogP contribution >= 0.6 is 22.6 Å². The molecule has 20 heavy (non-hydrogen) atoms. The summed E-state index contributed by atoms with van der Waals surface area (Å²) in [6.45, 7) is 2.23. The van der Waals surface area contributed by atoms with Gasteiger partial charge in [0.15, 0.2) is 0 Å². The van der Waals surface area contributed by atoms with E-state index in [2.05, 4.69) is 42.8 Å². The Hall–Kier alpha value is -1.13. The number of aromatic amines is 1. The third-order valence-electron chi connectivity index (χ3n) is 2.74. The summed E-state index contributed by atoms with van der Waals surface area (Å²) in [6, 6.07) is 7.11. The lowest BCUT2D eigenvalue weighted by atomic mass is 10.3. The minimum Gasteiger partial charge on any atom is -0.316 e. The Morgan fingerprint density at radius 1 is 1.30 bits per heavy atom. The number of aromatic nitrogens is 2. The molecule has 3 N–H and O–H groups in total. The first-order valence-electron chi connectivity index (χ1n) is 5.91. The number of nitrogens with zero attached hydrogens (tertiary/aromatic N) is 1. The Bertz CT molecular complexity index is 695. The molecule has 2 aromatic rings. The fraction of sp³-hybridized carbons (Fsp3) is 0.250. The van der Waals surface area contributed by atoms with Crippen LogP contribution in [0.3, 0.4) is 0 Å². The summed E-state index contributed by atoms with van der Waals surface area (Å²) >= 11 is 2.16. The molecule has 0 saturated heterocycles. The zero-order valence-electron chi connectivity index (χ0n) is 11.1. The van der Waals surface area contributed by atoms with E-state index >= 15 is 0 Å². The van der Waals surface area contributed by atoms with Gasteiger partial charge in [0.2, 0.25) is 5.03 Å². The van der Waals surface area contributed by atoms with Crippen molar-refractivity contribution in [2.45, 2.75) is 18.5 Å². The van der Waals surface area contributed by atoms with E-state index in [0.717, 1.165) is 9.26 Å². The molecule has 0 bridgehead atoms. The first kappa shape index (κ1) is 15.3. The topological polar surface area (TPSA) is 86.9 Å². The predicted octanol–water partition coefficient (Wildman–Crippen LogP) is 1.84. The van der Waals surface area contributed by atoms with Crippen LogP contribution in [0, 0.1) is 10.5 Å². The summed E-state index contributed by atoms with van der Waals surface area (Å²) in [4.78, 5) is 0. The molecule has 0 fully saturated rings. The molecule has 0 aliphatic rings.